The van der Waals surface area contributed by atoms with Gasteiger partial charge in [-0.05, 0) is 53.8 Å². The molecular formula is C24H29Cl2N3O6S2. The molecule has 202 valence electrons. The third-order valence-corrected chi connectivity index (χ3v) is 12.0. The average Bonchev–Trinajstić information content (AvgIpc) is 3.20. The fraction of sp³-hybridized carbons (Fsp3) is 0.417. The zero-order chi connectivity index (χ0) is 27.8. The van der Waals surface area contributed by atoms with Crippen LogP contribution in [0.3, 0.4) is 0 Å². The zero-order valence-electron chi connectivity index (χ0n) is 20.6. The Morgan fingerprint density at radius 2 is 1.65 bits per heavy atom. The number of nitrogens with zero attached hydrogens (tertiary/aromatic N) is 1. The Hall–Kier alpha value is -2.18. The maximum absolute atomic E-state index is 13.1. The number of nitrogens with two attached hydrogens (primary N) is 1. The van der Waals surface area contributed by atoms with E-state index in [1.165, 1.54) is 0 Å². The Morgan fingerprint density at radius 1 is 1.03 bits per heavy atom. The molecule has 2 amide bonds. The number of carbonyl (C=O) groups excluding carboxylic acids is 2. The maximum Gasteiger partial charge on any atom is 0.261 e. The standard InChI is InChI=1S/C24H29Cl2N3O6S2/c1-4-9-24(36(2,32)33,37(3,34)35)23(31)28-19-8-6-16-13-29(14-17(16)10-19)22(30)21(27)11-15-5-7-18(25)12-20(15)26/h5-8,10,12,21H,4,9,11,13-14,27H2,1-3H3,(H,28,31)/t21-/m1/s1. The summed E-state index contributed by atoms with van der Waals surface area (Å²) in [4.78, 5) is 27.7. The summed E-state index contributed by atoms with van der Waals surface area (Å²) in [6, 6.07) is 8.97. The van der Waals surface area contributed by atoms with Crippen molar-refractivity contribution < 1.29 is 26.4 Å². The van der Waals surface area contributed by atoms with Gasteiger partial charge in [-0.2, -0.15) is 0 Å². The number of sulfone groups is 2. The molecule has 13 heteroatoms. The molecule has 1 aliphatic rings. The molecule has 0 radical (unpaired) electrons. The molecule has 1 heterocycles. The van der Waals surface area contributed by atoms with Crippen molar-refractivity contribution in [2.24, 2.45) is 5.73 Å². The predicted molar refractivity (Wildman–Crippen MR) is 145 cm³/mol. The Balaban J connectivity index is 1.78. The number of amides is 2. The van der Waals surface area contributed by atoms with E-state index < -0.39 is 35.7 Å². The SMILES string of the molecule is CCCC(C(=O)Nc1ccc2c(c1)CN(C(=O)[C@H](N)Cc1ccc(Cl)cc1Cl)C2)(S(C)(=O)=O)S(C)(=O)=O. The number of anilines is 1. The summed E-state index contributed by atoms with van der Waals surface area (Å²) in [5.41, 5.74) is 8.64. The lowest BCUT2D eigenvalue weighted by molar-refractivity contribution is -0.133. The summed E-state index contributed by atoms with van der Waals surface area (Å²) in [5.74, 6) is -1.42. The summed E-state index contributed by atoms with van der Waals surface area (Å²) in [5, 5.41) is 3.37. The fourth-order valence-corrected chi connectivity index (χ4v) is 9.14. The van der Waals surface area contributed by atoms with Crippen molar-refractivity contribution >= 4 is 60.4 Å². The van der Waals surface area contributed by atoms with Crippen LogP contribution in [0.5, 0.6) is 0 Å². The van der Waals surface area contributed by atoms with Gasteiger partial charge in [-0.25, -0.2) is 16.8 Å². The molecular weight excluding hydrogens is 561 g/mol. The molecule has 0 spiro atoms. The largest absolute Gasteiger partial charge is 0.333 e. The van der Waals surface area contributed by atoms with E-state index in [0.717, 1.165) is 23.6 Å². The van der Waals surface area contributed by atoms with Gasteiger partial charge in [-0.1, -0.05) is 48.7 Å². The van der Waals surface area contributed by atoms with Crippen LogP contribution in [0.1, 0.15) is 36.5 Å². The summed E-state index contributed by atoms with van der Waals surface area (Å²) < 4.78 is 47.6. The number of nitrogens with one attached hydrogen (secondary N) is 1. The van der Waals surface area contributed by atoms with Crippen LogP contribution in [-0.4, -0.2) is 56.2 Å². The van der Waals surface area contributed by atoms with E-state index in [0.29, 0.717) is 22.2 Å². The van der Waals surface area contributed by atoms with Gasteiger partial charge < -0.3 is 16.0 Å². The van der Waals surface area contributed by atoms with Crippen LogP contribution in [0.2, 0.25) is 10.0 Å². The fourth-order valence-electron chi connectivity index (χ4n) is 4.53. The molecule has 0 fully saturated rings. The van der Waals surface area contributed by atoms with Crippen molar-refractivity contribution in [2.45, 2.75) is 49.4 Å². The minimum absolute atomic E-state index is 0.163. The van der Waals surface area contributed by atoms with Gasteiger partial charge in [0.15, 0.2) is 19.7 Å². The monoisotopic (exact) mass is 589 g/mol. The molecule has 3 N–H and O–H groups in total. The van der Waals surface area contributed by atoms with Crippen LogP contribution in [-0.2, 0) is 48.8 Å². The van der Waals surface area contributed by atoms with E-state index in [-0.39, 0.29) is 37.4 Å². The number of carbonyl (C=O) groups is 2. The van der Waals surface area contributed by atoms with E-state index in [1.54, 1.807) is 48.2 Å². The number of hydrogen-bond acceptors (Lipinski definition) is 7. The van der Waals surface area contributed by atoms with Crippen molar-refractivity contribution in [1.29, 1.82) is 0 Å². The van der Waals surface area contributed by atoms with Crippen molar-refractivity contribution in [3.63, 3.8) is 0 Å². The summed E-state index contributed by atoms with van der Waals surface area (Å²) in [6.07, 6.45) is 1.50. The van der Waals surface area contributed by atoms with Crippen LogP contribution >= 0.6 is 23.2 Å². The average molecular weight is 591 g/mol. The Morgan fingerprint density at radius 3 is 2.22 bits per heavy atom. The highest BCUT2D eigenvalue weighted by molar-refractivity contribution is 8.11. The van der Waals surface area contributed by atoms with Crippen molar-refractivity contribution in [1.82, 2.24) is 4.90 Å². The third kappa shape index (κ3) is 5.96. The first-order chi connectivity index (χ1) is 17.1. The van der Waals surface area contributed by atoms with Crippen LogP contribution in [0.25, 0.3) is 0 Å². The minimum Gasteiger partial charge on any atom is -0.333 e. The van der Waals surface area contributed by atoms with E-state index in [9.17, 15) is 26.4 Å². The first-order valence-electron chi connectivity index (χ1n) is 11.4. The molecule has 9 nitrogen and oxygen atoms in total. The normalized spacial score (nSPS) is 14.8. The molecule has 1 aliphatic heterocycles. The van der Waals surface area contributed by atoms with Gasteiger partial charge in [0.1, 0.15) is 0 Å². The number of rotatable bonds is 9. The van der Waals surface area contributed by atoms with Crippen molar-refractivity contribution in [2.75, 3.05) is 17.8 Å². The molecule has 0 unspecified atom stereocenters. The highest BCUT2D eigenvalue weighted by atomic mass is 35.5. The molecule has 0 aromatic heterocycles. The van der Waals surface area contributed by atoms with E-state index >= 15 is 0 Å². The molecule has 37 heavy (non-hydrogen) atoms. The summed E-state index contributed by atoms with van der Waals surface area (Å²) >= 11 is 12.1. The van der Waals surface area contributed by atoms with Crippen LogP contribution in [0, 0.1) is 0 Å². The van der Waals surface area contributed by atoms with Gasteiger partial charge in [0.05, 0.1) is 6.04 Å². The highest BCUT2D eigenvalue weighted by Gasteiger charge is 2.56. The first-order valence-corrected chi connectivity index (χ1v) is 16.0. The van der Waals surface area contributed by atoms with Gasteiger partial charge in [0.25, 0.3) is 5.91 Å². The second-order valence-corrected chi connectivity index (χ2v) is 14.8. The third-order valence-electron chi connectivity index (χ3n) is 6.39. The predicted octanol–water partition coefficient (Wildman–Crippen LogP) is 2.93. The Bertz CT molecular complexity index is 1410. The Kier molecular flexibility index (Phi) is 8.65. The lowest BCUT2D eigenvalue weighted by Crippen LogP contribution is -2.54. The van der Waals surface area contributed by atoms with Gasteiger partial charge in [0, 0.05) is 41.3 Å². The van der Waals surface area contributed by atoms with Gasteiger partial charge in [0.2, 0.25) is 9.99 Å². The molecule has 0 saturated carbocycles. The van der Waals surface area contributed by atoms with Gasteiger partial charge >= 0.3 is 0 Å². The number of benzene rings is 2. The van der Waals surface area contributed by atoms with Gasteiger partial charge in [-0.15, -0.1) is 0 Å². The zero-order valence-corrected chi connectivity index (χ0v) is 23.8. The van der Waals surface area contributed by atoms with Crippen molar-refractivity contribution in [3.05, 3.63) is 63.1 Å². The molecule has 1 atom stereocenters. The van der Waals surface area contributed by atoms with Crippen LogP contribution in [0.4, 0.5) is 5.69 Å². The smallest absolute Gasteiger partial charge is 0.261 e. The molecule has 2 aromatic carbocycles. The minimum atomic E-state index is -4.32. The molecule has 0 saturated heterocycles. The van der Waals surface area contributed by atoms with E-state index in [4.69, 9.17) is 28.9 Å². The molecule has 0 bridgehead atoms. The van der Waals surface area contributed by atoms with Crippen molar-refractivity contribution in [3.8, 4) is 0 Å². The summed E-state index contributed by atoms with van der Waals surface area (Å²) in [7, 11) is -8.64. The number of halogens is 2. The summed E-state index contributed by atoms with van der Waals surface area (Å²) in [6.45, 7) is 2.13. The lowest BCUT2D eigenvalue weighted by Gasteiger charge is -2.28. The lowest BCUT2D eigenvalue weighted by atomic mass is 10.1. The van der Waals surface area contributed by atoms with Crippen LogP contribution in [0.15, 0.2) is 36.4 Å². The first kappa shape index (κ1) is 29.4. The Labute approximate surface area is 227 Å². The number of fused-ring (bicyclic) bond motifs is 1. The van der Waals surface area contributed by atoms with E-state index in [2.05, 4.69) is 5.32 Å². The molecule has 2 aromatic rings. The quantitative estimate of drug-likeness (QED) is 0.457. The second-order valence-electron chi connectivity index (χ2n) is 9.23. The van der Waals surface area contributed by atoms with Gasteiger partial charge in [-0.3, -0.25) is 9.59 Å². The highest BCUT2D eigenvalue weighted by Crippen LogP contribution is 2.33. The van der Waals surface area contributed by atoms with Crippen LogP contribution < -0.4 is 11.1 Å². The molecule has 0 aliphatic carbocycles. The number of hydrogen-bond donors (Lipinski definition) is 2. The maximum atomic E-state index is 13.1. The second kappa shape index (κ2) is 10.9. The molecule has 3 rings (SSSR count). The topological polar surface area (TPSA) is 144 Å². The van der Waals surface area contributed by atoms with E-state index in [1.807, 2.05) is 0 Å².